The van der Waals surface area contributed by atoms with Crippen LogP contribution >= 0.6 is 0 Å². The van der Waals surface area contributed by atoms with Gasteiger partial charge in [0.25, 0.3) is 0 Å². The van der Waals surface area contributed by atoms with Crippen molar-refractivity contribution in [2.75, 3.05) is 20.7 Å². The molecule has 0 amide bonds. The molecule has 2 rings (SSSR count). The maximum atomic E-state index is 5.91. The summed E-state index contributed by atoms with van der Waals surface area (Å²) in [4.78, 5) is 8.99. The third-order valence-electron chi connectivity index (χ3n) is 4.78. The Kier molecular flexibility index (Phi) is 8.06. The van der Waals surface area contributed by atoms with Crippen LogP contribution in [0.25, 0.3) is 0 Å². The summed E-state index contributed by atoms with van der Waals surface area (Å²) in [6.45, 7) is 6.02. The number of rotatable bonds is 10. The number of benzene rings is 1. The van der Waals surface area contributed by atoms with Crippen LogP contribution in [0.5, 0.6) is 5.75 Å². The number of nitrogens with one attached hydrogen (secondary N) is 2. The molecule has 0 spiro atoms. The van der Waals surface area contributed by atoms with Crippen molar-refractivity contribution in [1.82, 2.24) is 10.6 Å². The normalized spacial score (nSPS) is 19.8. The van der Waals surface area contributed by atoms with E-state index < -0.39 is 0 Å². The van der Waals surface area contributed by atoms with Crippen molar-refractivity contribution in [1.29, 1.82) is 0 Å². The lowest BCUT2D eigenvalue weighted by Gasteiger charge is -2.29. The summed E-state index contributed by atoms with van der Waals surface area (Å²) < 4.78 is 5.58. The van der Waals surface area contributed by atoms with Crippen molar-refractivity contribution < 1.29 is 4.74 Å². The van der Waals surface area contributed by atoms with Crippen LogP contribution in [0.2, 0.25) is 0 Å². The van der Waals surface area contributed by atoms with Crippen molar-refractivity contribution in [3.63, 3.8) is 0 Å². The first kappa shape index (κ1) is 20.4. The number of aliphatic imine (C=N–C) groups is 2. The van der Waals surface area contributed by atoms with Gasteiger partial charge in [0.15, 0.2) is 0 Å². The van der Waals surface area contributed by atoms with Crippen LogP contribution in [0.15, 0.2) is 28.2 Å². The van der Waals surface area contributed by atoms with Gasteiger partial charge in [-0.1, -0.05) is 31.9 Å². The Hall–Kier alpha value is -1.92. The summed E-state index contributed by atoms with van der Waals surface area (Å²) in [5.41, 5.74) is 9.35. The van der Waals surface area contributed by atoms with Crippen LogP contribution in [-0.2, 0) is 13.0 Å². The molecule has 0 fully saturated rings. The molecule has 1 aliphatic rings. The third-order valence-corrected chi connectivity index (χ3v) is 4.78. The average molecular weight is 360 g/mol. The van der Waals surface area contributed by atoms with E-state index in [1.54, 1.807) is 7.11 Å². The van der Waals surface area contributed by atoms with Crippen LogP contribution in [0.3, 0.4) is 0 Å². The van der Waals surface area contributed by atoms with Crippen LogP contribution in [0.1, 0.15) is 44.2 Å². The number of nitrogens with two attached hydrogens (primary N) is 1. The fraction of sp³-hybridized carbons (Fsp3) is 0.600. The van der Waals surface area contributed by atoms with E-state index in [9.17, 15) is 0 Å². The lowest BCUT2D eigenvalue weighted by atomic mass is 9.90. The van der Waals surface area contributed by atoms with Crippen LogP contribution in [0.4, 0.5) is 0 Å². The number of nitrogens with zero attached hydrogens (tertiary/aromatic N) is 2. The van der Waals surface area contributed by atoms with E-state index in [0.29, 0.717) is 5.96 Å². The molecule has 0 saturated heterocycles. The van der Waals surface area contributed by atoms with Gasteiger partial charge in [-0.3, -0.25) is 5.32 Å². The molecule has 26 heavy (non-hydrogen) atoms. The first-order chi connectivity index (χ1) is 12.6. The molecule has 2 unspecified atom stereocenters. The molecule has 1 aliphatic heterocycles. The van der Waals surface area contributed by atoms with Gasteiger partial charge in [0.2, 0.25) is 5.96 Å². The zero-order valence-corrected chi connectivity index (χ0v) is 16.5. The Morgan fingerprint density at radius 2 is 2.08 bits per heavy atom. The highest BCUT2D eigenvalue weighted by molar-refractivity contribution is 5.98. The summed E-state index contributed by atoms with van der Waals surface area (Å²) in [6.07, 6.45) is 4.35. The standard InChI is InChI=1S/C20H33N5O/c1-5-6-7-10-23-19-17(14(2)24-20(21)25-19)12-16-11-15(13-22-3)8-9-18(16)26-4/h8-9,11,17,19,22-23H,5-7,10,12-13H2,1-4H3,(H2,21,25). The first-order valence-electron chi connectivity index (χ1n) is 9.51. The Balaban J connectivity index is 2.18. The topological polar surface area (TPSA) is 84.0 Å². The summed E-state index contributed by atoms with van der Waals surface area (Å²) in [5, 5.41) is 6.76. The minimum atomic E-state index is -0.0398. The van der Waals surface area contributed by atoms with Crippen molar-refractivity contribution in [3.8, 4) is 5.75 Å². The van der Waals surface area contributed by atoms with Gasteiger partial charge in [0, 0.05) is 18.2 Å². The van der Waals surface area contributed by atoms with Crippen molar-refractivity contribution >= 4 is 11.7 Å². The Morgan fingerprint density at radius 3 is 2.77 bits per heavy atom. The summed E-state index contributed by atoms with van der Waals surface area (Å²) in [6, 6.07) is 6.34. The van der Waals surface area contributed by atoms with Crippen LogP contribution < -0.4 is 21.1 Å². The molecule has 0 saturated carbocycles. The van der Waals surface area contributed by atoms with Crippen LogP contribution in [0, 0.1) is 5.92 Å². The van der Waals surface area contributed by atoms with Crippen molar-refractivity contribution in [2.45, 2.75) is 52.2 Å². The number of ether oxygens (including phenoxy) is 1. The molecule has 1 heterocycles. The van der Waals surface area contributed by atoms with Gasteiger partial charge in [-0.15, -0.1) is 0 Å². The molecular formula is C20H33N5O. The first-order valence-corrected chi connectivity index (χ1v) is 9.51. The van der Waals surface area contributed by atoms with Gasteiger partial charge in [-0.25, -0.2) is 9.98 Å². The number of guanidine groups is 1. The van der Waals surface area contributed by atoms with E-state index in [2.05, 4.69) is 39.7 Å². The minimum Gasteiger partial charge on any atom is -0.496 e. The highest BCUT2D eigenvalue weighted by atomic mass is 16.5. The van der Waals surface area contributed by atoms with E-state index in [4.69, 9.17) is 10.5 Å². The fourth-order valence-electron chi connectivity index (χ4n) is 3.37. The van der Waals surface area contributed by atoms with Gasteiger partial charge < -0.3 is 15.8 Å². The molecule has 0 bridgehead atoms. The van der Waals surface area contributed by atoms with Gasteiger partial charge in [0.1, 0.15) is 11.9 Å². The molecule has 0 radical (unpaired) electrons. The van der Waals surface area contributed by atoms with Gasteiger partial charge >= 0.3 is 0 Å². The largest absolute Gasteiger partial charge is 0.496 e. The highest BCUT2D eigenvalue weighted by Crippen LogP contribution is 2.26. The molecule has 0 aliphatic carbocycles. The second-order valence-corrected chi connectivity index (χ2v) is 6.83. The predicted octanol–water partition coefficient (Wildman–Crippen LogP) is 2.47. The summed E-state index contributed by atoms with van der Waals surface area (Å²) in [5.74, 6) is 1.44. The summed E-state index contributed by atoms with van der Waals surface area (Å²) in [7, 11) is 3.67. The summed E-state index contributed by atoms with van der Waals surface area (Å²) >= 11 is 0. The number of unbranched alkanes of at least 4 members (excludes halogenated alkanes) is 2. The third kappa shape index (κ3) is 5.54. The Bertz CT molecular complexity index is 641. The molecular weight excluding hydrogens is 326 g/mol. The molecule has 4 N–H and O–H groups in total. The smallest absolute Gasteiger partial charge is 0.216 e. The maximum Gasteiger partial charge on any atom is 0.216 e. The van der Waals surface area contributed by atoms with Crippen molar-refractivity contribution in [3.05, 3.63) is 29.3 Å². The van der Waals surface area contributed by atoms with E-state index in [1.807, 2.05) is 20.0 Å². The Morgan fingerprint density at radius 1 is 1.27 bits per heavy atom. The highest BCUT2D eigenvalue weighted by Gasteiger charge is 2.28. The molecule has 2 atom stereocenters. The van der Waals surface area contributed by atoms with E-state index >= 15 is 0 Å². The van der Waals surface area contributed by atoms with E-state index in [1.165, 1.54) is 24.0 Å². The van der Waals surface area contributed by atoms with Gasteiger partial charge in [-0.2, -0.15) is 0 Å². The van der Waals surface area contributed by atoms with Gasteiger partial charge in [0.05, 0.1) is 7.11 Å². The monoisotopic (exact) mass is 359 g/mol. The molecule has 1 aromatic carbocycles. The maximum absolute atomic E-state index is 5.91. The molecule has 1 aromatic rings. The number of methoxy groups -OCH3 is 1. The number of hydrogen-bond acceptors (Lipinski definition) is 6. The molecule has 144 valence electrons. The van der Waals surface area contributed by atoms with E-state index in [-0.39, 0.29) is 12.1 Å². The lowest BCUT2D eigenvalue weighted by Crippen LogP contribution is -2.44. The average Bonchev–Trinajstić information content (AvgIpc) is 2.62. The van der Waals surface area contributed by atoms with Gasteiger partial charge in [-0.05, 0) is 50.6 Å². The fourth-order valence-corrected chi connectivity index (χ4v) is 3.37. The lowest BCUT2D eigenvalue weighted by molar-refractivity contribution is 0.394. The van der Waals surface area contributed by atoms with E-state index in [0.717, 1.165) is 37.4 Å². The minimum absolute atomic E-state index is 0.0398. The van der Waals surface area contributed by atoms with Crippen LogP contribution in [-0.4, -0.2) is 38.5 Å². The zero-order valence-electron chi connectivity index (χ0n) is 16.5. The molecule has 6 nitrogen and oxygen atoms in total. The van der Waals surface area contributed by atoms with Crippen molar-refractivity contribution in [2.24, 2.45) is 21.6 Å². The molecule has 0 aromatic heterocycles. The second-order valence-electron chi connectivity index (χ2n) is 6.83. The Labute approximate surface area is 157 Å². The zero-order chi connectivity index (χ0) is 18.9. The molecule has 6 heteroatoms. The predicted molar refractivity (Wildman–Crippen MR) is 109 cm³/mol. The SMILES string of the molecule is CCCCCNC1N=C(N)N=C(C)C1Cc1cc(CNC)ccc1OC. The quantitative estimate of drug-likeness (QED) is 0.560. The second kappa shape index (κ2) is 10.3. The number of hydrogen-bond donors (Lipinski definition) is 3.